The van der Waals surface area contributed by atoms with Crippen LogP contribution in [-0.2, 0) is 0 Å². The molecule has 0 heterocycles. The van der Waals surface area contributed by atoms with Gasteiger partial charge in [-0.2, -0.15) is 0 Å². The Labute approximate surface area is 299 Å². The SMILES string of the molecule is c1ccc2[c]([Sb]([c]3cccc4ccccc34)([c]3cccc4ccccc34)([c]3cccc4ccccc34)[c]3cccc4ccccc34)cccc2c1. The molecule has 0 aliphatic rings. The topological polar surface area (TPSA) is 0 Å². The summed E-state index contributed by atoms with van der Waals surface area (Å²) in [6.07, 6.45) is 0. The third-order valence-electron chi connectivity index (χ3n) is 11.2. The molecule has 0 spiro atoms. The van der Waals surface area contributed by atoms with Crippen molar-refractivity contribution in [2.45, 2.75) is 0 Å². The van der Waals surface area contributed by atoms with E-state index in [1.165, 1.54) is 71.4 Å². The van der Waals surface area contributed by atoms with Crippen LogP contribution in [0.15, 0.2) is 212 Å². The Balaban J connectivity index is 1.68. The molecule has 0 bridgehead atoms. The van der Waals surface area contributed by atoms with Crippen LogP contribution >= 0.6 is 0 Å². The molecule has 51 heavy (non-hydrogen) atoms. The van der Waals surface area contributed by atoms with E-state index in [0.717, 1.165) is 0 Å². The molecular formula is C50H35Sb. The van der Waals surface area contributed by atoms with Gasteiger partial charge in [0, 0.05) is 0 Å². The van der Waals surface area contributed by atoms with Crippen LogP contribution in [0.1, 0.15) is 0 Å². The zero-order chi connectivity index (χ0) is 33.9. The van der Waals surface area contributed by atoms with Gasteiger partial charge < -0.3 is 0 Å². The van der Waals surface area contributed by atoms with E-state index in [4.69, 9.17) is 0 Å². The molecule has 240 valence electrons. The minimum atomic E-state index is -5.56. The van der Waals surface area contributed by atoms with E-state index in [1.54, 1.807) is 0 Å². The Morgan fingerprint density at radius 3 is 0.569 bits per heavy atom. The second-order valence-electron chi connectivity index (χ2n) is 13.6. The van der Waals surface area contributed by atoms with Crippen molar-refractivity contribution in [1.29, 1.82) is 0 Å². The number of benzene rings is 10. The van der Waals surface area contributed by atoms with Crippen molar-refractivity contribution >= 4 is 88.8 Å². The van der Waals surface area contributed by atoms with Gasteiger partial charge >= 0.3 is 301 Å². The molecule has 0 N–H and O–H groups in total. The van der Waals surface area contributed by atoms with Crippen LogP contribution in [0.4, 0.5) is 0 Å². The number of fused-ring (bicyclic) bond motifs is 5. The summed E-state index contributed by atoms with van der Waals surface area (Å²) in [6, 6.07) is 80.9. The summed E-state index contributed by atoms with van der Waals surface area (Å²) < 4.78 is 7.16. The molecule has 0 saturated heterocycles. The Bertz CT molecular complexity index is 2450. The Kier molecular flexibility index (Phi) is 6.92. The van der Waals surface area contributed by atoms with E-state index in [1.807, 2.05) is 0 Å². The number of hydrogen-bond acceptors (Lipinski definition) is 0. The quantitative estimate of drug-likeness (QED) is 0.154. The predicted octanol–water partition coefficient (Wildman–Crippen LogP) is 9.69. The normalized spacial score (nSPS) is 12.7. The summed E-state index contributed by atoms with van der Waals surface area (Å²) in [5.74, 6) is 0. The van der Waals surface area contributed by atoms with Gasteiger partial charge in [-0.1, -0.05) is 0 Å². The first-order valence-electron chi connectivity index (χ1n) is 17.7. The van der Waals surface area contributed by atoms with Crippen molar-refractivity contribution in [3.63, 3.8) is 0 Å². The van der Waals surface area contributed by atoms with Gasteiger partial charge in [0.2, 0.25) is 0 Å². The predicted molar refractivity (Wildman–Crippen MR) is 224 cm³/mol. The van der Waals surface area contributed by atoms with Crippen molar-refractivity contribution in [3.05, 3.63) is 212 Å². The van der Waals surface area contributed by atoms with Gasteiger partial charge in [0.1, 0.15) is 0 Å². The van der Waals surface area contributed by atoms with Gasteiger partial charge in [0.15, 0.2) is 0 Å². The molecule has 0 aliphatic carbocycles. The molecule has 0 nitrogen and oxygen atoms in total. The van der Waals surface area contributed by atoms with Gasteiger partial charge in [-0.3, -0.25) is 0 Å². The second-order valence-corrected chi connectivity index (χ2v) is 26.9. The van der Waals surface area contributed by atoms with Crippen LogP contribution in [0.3, 0.4) is 0 Å². The monoisotopic (exact) mass is 756 g/mol. The zero-order valence-electron chi connectivity index (χ0n) is 28.2. The zero-order valence-corrected chi connectivity index (χ0v) is 30.7. The van der Waals surface area contributed by atoms with Gasteiger partial charge in [0.05, 0.1) is 0 Å². The fraction of sp³-hybridized carbons (Fsp3) is 0. The maximum atomic E-state index is 2.50. The fourth-order valence-corrected chi connectivity index (χ4v) is 32.0. The van der Waals surface area contributed by atoms with Crippen LogP contribution in [0.2, 0.25) is 0 Å². The average Bonchev–Trinajstić information content (AvgIpc) is 3.21. The molecule has 0 unspecified atom stereocenters. The summed E-state index contributed by atoms with van der Waals surface area (Å²) in [6.45, 7) is 0. The van der Waals surface area contributed by atoms with E-state index >= 15 is 0 Å². The molecule has 0 saturated carbocycles. The fourth-order valence-electron chi connectivity index (χ4n) is 9.29. The van der Waals surface area contributed by atoms with Crippen molar-refractivity contribution in [3.8, 4) is 0 Å². The summed E-state index contributed by atoms with van der Waals surface area (Å²) >= 11 is -5.56. The third-order valence-corrected chi connectivity index (χ3v) is 30.6. The van der Waals surface area contributed by atoms with Crippen molar-refractivity contribution < 1.29 is 0 Å². The first-order chi connectivity index (χ1) is 25.3. The summed E-state index contributed by atoms with van der Waals surface area (Å²) in [5, 5.41) is 12.8. The van der Waals surface area contributed by atoms with Crippen molar-refractivity contribution in [2.24, 2.45) is 0 Å². The molecule has 1 heteroatoms. The van der Waals surface area contributed by atoms with E-state index in [-0.39, 0.29) is 0 Å². The molecule has 10 aromatic rings. The molecule has 0 fully saturated rings. The van der Waals surface area contributed by atoms with Crippen molar-refractivity contribution in [1.82, 2.24) is 0 Å². The summed E-state index contributed by atoms with van der Waals surface area (Å²) in [5.41, 5.74) is 0. The number of rotatable bonds is 5. The molecular weight excluding hydrogens is 722 g/mol. The van der Waals surface area contributed by atoms with Crippen LogP contribution in [-0.4, -0.2) is 17.4 Å². The molecule has 10 rings (SSSR count). The molecule has 0 atom stereocenters. The van der Waals surface area contributed by atoms with E-state index in [0.29, 0.717) is 0 Å². The first-order valence-corrected chi connectivity index (χ1v) is 24.1. The standard InChI is InChI=1S/5C10H7.Sb/c5*1-2-6-10-8-4-3-7-9(10)5-1;/h5*1-7H;. The summed E-state index contributed by atoms with van der Waals surface area (Å²) in [4.78, 5) is 0. The van der Waals surface area contributed by atoms with Gasteiger partial charge in [0.25, 0.3) is 0 Å². The molecule has 10 aromatic carbocycles. The Hall–Kier alpha value is -5.68. The third kappa shape index (κ3) is 4.09. The van der Waals surface area contributed by atoms with Crippen LogP contribution in [0, 0.1) is 0 Å². The summed E-state index contributed by atoms with van der Waals surface area (Å²) in [7, 11) is 0. The van der Waals surface area contributed by atoms with Gasteiger partial charge in [-0.05, 0) is 0 Å². The van der Waals surface area contributed by atoms with Gasteiger partial charge in [-0.15, -0.1) is 0 Å². The van der Waals surface area contributed by atoms with Crippen LogP contribution in [0.5, 0.6) is 0 Å². The first kappa shape index (κ1) is 30.2. The second kappa shape index (κ2) is 11.7. The van der Waals surface area contributed by atoms with E-state index in [2.05, 4.69) is 212 Å². The molecule has 0 radical (unpaired) electrons. The van der Waals surface area contributed by atoms with Crippen molar-refractivity contribution in [2.75, 3.05) is 0 Å². The Morgan fingerprint density at radius 1 is 0.176 bits per heavy atom. The van der Waals surface area contributed by atoms with Gasteiger partial charge in [-0.25, -0.2) is 0 Å². The molecule has 0 aromatic heterocycles. The number of hydrogen-bond donors (Lipinski definition) is 0. The molecule has 0 aliphatic heterocycles. The van der Waals surface area contributed by atoms with E-state index in [9.17, 15) is 0 Å². The van der Waals surface area contributed by atoms with E-state index < -0.39 is 17.4 Å². The Morgan fingerprint density at radius 2 is 0.353 bits per heavy atom. The average molecular weight is 758 g/mol. The maximum absolute atomic E-state index is 5.56. The molecule has 0 amide bonds. The van der Waals surface area contributed by atoms with Crippen LogP contribution < -0.4 is 17.6 Å². The van der Waals surface area contributed by atoms with Crippen LogP contribution in [0.25, 0.3) is 53.9 Å². The minimum absolute atomic E-state index is 1.26.